The summed E-state index contributed by atoms with van der Waals surface area (Å²) in [5, 5.41) is 0. The average Bonchev–Trinajstić information content (AvgIpc) is 2.70. The van der Waals surface area contributed by atoms with Gasteiger partial charge in [0.25, 0.3) is 0 Å². The van der Waals surface area contributed by atoms with E-state index in [0.717, 1.165) is 24.0 Å². The number of esters is 1. The Morgan fingerprint density at radius 1 is 0.926 bits per heavy atom. The van der Waals surface area contributed by atoms with Gasteiger partial charge in [-0.2, -0.15) is 0 Å². The topological polar surface area (TPSA) is 54.0 Å². The molecule has 0 bridgehead atoms. The third-order valence-electron chi connectivity index (χ3n) is 4.93. The second kappa shape index (κ2) is 10.9. The number of ether oxygens (including phenoxy) is 4. The van der Waals surface area contributed by atoms with Crippen molar-refractivity contribution >= 4 is 12.0 Å². The van der Waals surface area contributed by atoms with Crippen molar-refractivity contribution in [1.82, 2.24) is 0 Å². The summed E-state index contributed by atoms with van der Waals surface area (Å²) >= 11 is 0. The molecule has 5 heteroatoms. The van der Waals surface area contributed by atoms with Crippen molar-refractivity contribution < 1.29 is 23.7 Å². The van der Waals surface area contributed by atoms with Crippen LogP contribution in [0, 0.1) is 0 Å². The molecule has 0 fully saturated rings. The molecule has 2 rings (SSSR count). The molecule has 5 nitrogen and oxygen atoms in total. The van der Waals surface area contributed by atoms with E-state index < -0.39 is 0 Å². The molecule has 0 amide bonds. The van der Waals surface area contributed by atoms with Gasteiger partial charge in [0.2, 0.25) is 5.75 Å². The van der Waals surface area contributed by atoms with E-state index in [2.05, 4.69) is 6.92 Å². The lowest BCUT2D eigenvalue weighted by atomic mass is 9.90. The Labute approximate surface area is 162 Å². The molecular weight excluding hydrogens is 344 g/mol. The predicted molar refractivity (Wildman–Crippen MR) is 107 cm³/mol. The fourth-order valence-electron chi connectivity index (χ4n) is 3.44. The second-order valence-electron chi connectivity index (χ2n) is 6.79. The Balaban J connectivity index is 2.01. The smallest absolute Gasteiger partial charge is 0.334 e. The first-order valence-corrected chi connectivity index (χ1v) is 9.85. The first kappa shape index (κ1) is 21.1. The fourth-order valence-corrected chi connectivity index (χ4v) is 3.44. The highest BCUT2D eigenvalue weighted by Gasteiger charge is 2.25. The lowest BCUT2D eigenvalue weighted by molar-refractivity contribution is -0.139. The molecule has 0 saturated carbocycles. The molecule has 150 valence electrons. The van der Waals surface area contributed by atoms with Gasteiger partial charge in [-0.3, -0.25) is 0 Å². The molecule has 0 atom stereocenters. The lowest BCUT2D eigenvalue weighted by Gasteiger charge is -2.22. The highest BCUT2D eigenvalue weighted by molar-refractivity contribution is 5.95. The van der Waals surface area contributed by atoms with E-state index in [1.54, 1.807) is 21.3 Å². The van der Waals surface area contributed by atoms with Gasteiger partial charge in [0.15, 0.2) is 11.5 Å². The highest BCUT2D eigenvalue weighted by Crippen LogP contribution is 2.44. The molecule has 0 spiro atoms. The van der Waals surface area contributed by atoms with E-state index in [-0.39, 0.29) is 5.97 Å². The molecule has 0 heterocycles. The summed E-state index contributed by atoms with van der Waals surface area (Å²) in [4.78, 5) is 12.4. The van der Waals surface area contributed by atoms with Gasteiger partial charge in [-0.25, -0.2) is 4.79 Å². The van der Waals surface area contributed by atoms with Crippen molar-refractivity contribution in [3.05, 3.63) is 22.8 Å². The largest absolute Gasteiger partial charge is 0.493 e. The van der Waals surface area contributed by atoms with Crippen molar-refractivity contribution in [3.63, 3.8) is 0 Å². The third-order valence-corrected chi connectivity index (χ3v) is 4.93. The van der Waals surface area contributed by atoms with Gasteiger partial charge in [0.1, 0.15) is 0 Å². The number of methoxy groups -OCH3 is 3. The number of benzene rings is 1. The molecule has 0 saturated heterocycles. The van der Waals surface area contributed by atoms with Crippen LogP contribution in [0.4, 0.5) is 0 Å². The minimum absolute atomic E-state index is 0.219. The van der Waals surface area contributed by atoms with Crippen molar-refractivity contribution in [3.8, 4) is 17.2 Å². The Morgan fingerprint density at radius 2 is 1.63 bits per heavy atom. The van der Waals surface area contributed by atoms with Crippen LogP contribution in [-0.4, -0.2) is 33.9 Å². The van der Waals surface area contributed by atoms with Crippen molar-refractivity contribution in [1.29, 1.82) is 0 Å². The monoisotopic (exact) mass is 376 g/mol. The van der Waals surface area contributed by atoms with Crippen LogP contribution in [0.5, 0.6) is 17.2 Å². The van der Waals surface area contributed by atoms with Gasteiger partial charge in [-0.1, -0.05) is 39.0 Å². The minimum atomic E-state index is -0.219. The molecule has 0 N–H and O–H groups in total. The Kier molecular flexibility index (Phi) is 8.49. The maximum atomic E-state index is 12.4. The average molecular weight is 376 g/mol. The normalized spacial score (nSPS) is 12.8. The van der Waals surface area contributed by atoms with E-state index >= 15 is 0 Å². The molecule has 1 aromatic carbocycles. The minimum Gasteiger partial charge on any atom is -0.493 e. The van der Waals surface area contributed by atoms with E-state index in [4.69, 9.17) is 18.9 Å². The van der Waals surface area contributed by atoms with Crippen LogP contribution in [0.2, 0.25) is 0 Å². The molecule has 1 aromatic rings. The molecule has 0 aliphatic heterocycles. The number of hydrogen-bond acceptors (Lipinski definition) is 5. The van der Waals surface area contributed by atoms with Crippen molar-refractivity contribution in [2.45, 2.75) is 58.3 Å². The molecule has 1 aliphatic rings. The molecule has 0 unspecified atom stereocenters. The van der Waals surface area contributed by atoms with Gasteiger partial charge in [-0.15, -0.1) is 0 Å². The standard InChI is InChI=1S/C22H32O5/c1-5-6-7-8-9-10-13-27-22(23)16-11-12-18-17(14-16)15-19(24-2)21(26-4)20(18)25-3/h14-15H,5-13H2,1-4H3. The van der Waals surface area contributed by atoms with Gasteiger partial charge in [0, 0.05) is 11.1 Å². The summed E-state index contributed by atoms with van der Waals surface area (Å²) in [7, 11) is 4.80. The van der Waals surface area contributed by atoms with Crippen LogP contribution in [0.25, 0.3) is 6.08 Å². The molecule has 27 heavy (non-hydrogen) atoms. The zero-order valence-corrected chi connectivity index (χ0v) is 17.1. The SMILES string of the molecule is CCCCCCCCOC(=O)C1=Cc2cc(OC)c(OC)c(OC)c2CC1. The number of carbonyl (C=O) groups is 1. The zero-order chi connectivity index (χ0) is 19.6. The maximum Gasteiger partial charge on any atom is 0.334 e. The molecule has 0 aromatic heterocycles. The van der Waals surface area contributed by atoms with Gasteiger partial charge >= 0.3 is 5.97 Å². The number of carbonyl (C=O) groups excluding carboxylic acids is 1. The van der Waals surface area contributed by atoms with Crippen LogP contribution in [0.3, 0.4) is 0 Å². The third kappa shape index (κ3) is 5.41. The van der Waals surface area contributed by atoms with Crippen LogP contribution in [0.1, 0.15) is 63.0 Å². The first-order valence-electron chi connectivity index (χ1n) is 9.85. The molecule has 0 radical (unpaired) electrons. The number of rotatable bonds is 11. The summed E-state index contributed by atoms with van der Waals surface area (Å²) < 4.78 is 21.9. The van der Waals surface area contributed by atoms with Crippen LogP contribution in [-0.2, 0) is 16.0 Å². The first-order chi connectivity index (χ1) is 13.2. The van der Waals surface area contributed by atoms with E-state index in [9.17, 15) is 4.79 Å². The Morgan fingerprint density at radius 3 is 2.30 bits per heavy atom. The maximum absolute atomic E-state index is 12.4. The van der Waals surface area contributed by atoms with E-state index in [1.165, 1.54) is 25.7 Å². The molecular formula is C22H32O5. The van der Waals surface area contributed by atoms with E-state index in [0.29, 0.717) is 42.3 Å². The number of hydrogen-bond donors (Lipinski definition) is 0. The predicted octanol–water partition coefficient (Wildman–Crippen LogP) is 4.95. The van der Waals surface area contributed by atoms with Crippen molar-refractivity contribution in [2.24, 2.45) is 0 Å². The summed E-state index contributed by atoms with van der Waals surface area (Å²) in [6, 6.07) is 1.89. The quantitative estimate of drug-likeness (QED) is 0.404. The zero-order valence-electron chi connectivity index (χ0n) is 17.1. The van der Waals surface area contributed by atoms with E-state index in [1.807, 2.05) is 12.1 Å². The summed E-state index contributed by atoms with van der Waals surface area (Å²) in [6.45, 7) is 2.70. The Hall–Kier alpha value is -2.17. The van der Waals surface area contributed by atoms with Gasteiger partial charge in [0.05, 0.1) is 27.9 Å². The van der Waals surface area contributed by atoms with Crippen LogP contribution in [0.15, 0.2) is 11.6 Å². The summed E-state index contributed by atoms with van der Waals surface area (Å²) in [5.74, 6) is 1.62. The Bertz CT molecular complexity index is 663. The van der Waals surface area contributed by atoms with Crippen LogP contribution >= 0.6 is 0 Å². The van der Waals surface area contributed by atoms with Crippen molar-refractivity contribution in [2.75, 3.05) is 27.9 Å². The number of unbranched alkanes of at least 4 members (excludes halogenated alkanes) is 5. The second-order valence-corrected chi connectivity index (χ2v) is 6.79. The van der Waals surface area contributed by atoms with Gasteiger partial charge in [-0.05, 0) is 37.0 Å². The van der Waals surface area contributed by atoms with Crippen LogP contribution < -0.4 is 14.2 Å². The number of fused-ring (bicyclic) bond motifs is 1. The lowest BCUT2D eigenvalue weighted by Crippen LogP contribution is -2.13. The summed E-state index contributed by atoms with van der Waals surface area (Å²) in [6.07, 6.45) is 10.3. The van der Waals surface area contributed by atoms with Gasteiger partial charge < -0.3 is 18.9 Å². The summed E-state index contributed by atoms with van der Waals surface area (Å²) in [5.41, 5.74) is 2.65. The highest BCUT2D eigenvalue weighted by atomic mass is 16.5. The molecule has 1 aliphatic carbocycles. The fraction of sp³-hybridized carbons (Fsp3) is 0.591.